The molecule has 1 heterocycles. The lowest BCUT2D eigenvalue weighted by molar-refractivity contribution is 0.111. The van der Waals surface area contributed by atoms with Gasteiger partial charge in [0, 0.05) is 0 Å². The second kappa shape index (κ2) is 4.62. The molecule has 0 atom stereocenters. The van der Waals surface area contributed by atoms with E-state index in [-0.39, 0.29) is 10.6 Å². The Labute approximate surface area is 112 Å². The quantitative estimate of drug-likeness (QED) is 0.804. The summed E-state index contributed by atoms with van der Waals surface area (Å²) < 4.78 is 26.1. The molecule has 19 heavy (non-hydrogen) atoms. The summed E-state index contributed by atoms with van der Waals surface area (Å²) in [6, 6.07) is 3.61. The van der Waals surface area contributed by atoms with Crippen LogP contribution in [0.5, 0.6) is 0 Å². The minimum atomic E-state index is -3.79. The van der Waals surface area contributed by atoms with Crippen molar-refractivity contribution in [3.63, 3.8) is 0 Å². The van der Waals surface area contributed by atoms with E-state index in [1.54, 1.807) is 26.0 Å². The summed E-state index contributed by atoms with van der Waals surface area (Å²) in [6.45, 7) is 5.39. The second-order valence-electron chi connectivity index (χ2n) is 4.47. The van der Waals surface area contributed by atoms with E-state index in [0.717, 1.165) is 15.9 Å². The number of rotatable bonds is 3. The van der Waals surface area contributed by atoms with Gasteiger partial charge in [-0.25, -0.2) is 17.4 Å². The summed E-state index contributed by atoms with van der Waals surface area (Å²) in [7, 11) is -3.79. The molecule has 0 amide bonds. The first-order valence-electron chi connectivity index (χ1n) is 5.69. The molecule has 0 spiro atoms. The van der Waals surface area contributed by atoms with Crippen LogP contribution in [0.4, 0.5) is 0 Å². The van der Waals surface area contributed by atoms with Crippen LogP contribution in [-0.2, 0) is 10.0 Å². The number of benzene rings is 1. The maximum absolute atomic E-state index is 12.6. The van der Waals surface area contributed by atoms with E-state index in [1.165, 1.54) is 6.20 Å². The van der Waals surface area contributed by atoms with E-state index in [4.69, 9.17) is 0 Å². The molecular formula is C13H14N2O3S. The third-order valence-corrected chi connectivity index (χ3v) is 4.86. The van der Waals surface area contributed by atoms with Crippen LogP contribution in [0.25, 0.3) is 0 Å². The highest BCUT2D eigenvalue weighted by atomic mass is 32.2. The molecule has 0 aliphatic rings. The predicted octanol–water partition coefficient (Wildman–Crippen LogP) is 1.86. The van der Waals surface area contributed by atoms with Crippen LogP contribution in [0.2, 0.25) is 0 Å². The highest BCUT2D eigenvalue weighted by Crippen LogP contribution is 2.24. The van der Waals surface area contributed by atoms with Gasteiger partial charge < -0.3 is 0 Å². The minimum Gasteiger partial charge on any atom is -0.296 e. The highest BCUT2D eigenvalue weighted by molar-refractivity contribution is 7.90. The van der Waals surface area contributed by atoms with Crippen LogP contribution < -0.4 is 0 Å². The van der Waals surface area contributed by atoms with E-state index in [9.17, 15) is 13.2 Å². The van der Waals surface area contributed by atoms with E-state index in [2.05, 4.69) is 4.98 Å². The van der Waals surface area contributed by atoms with Crippen molar-refractivity contribution < 1.29 is 13.2 Å². The fourth-order valence-electron chi connectivity index (χ4n) is 2.25. The maximum atomic E-state index is 12.6. The molecule has 0 saturated heterocycles. The molecule has 5 nitrogen and oxygen atoms in total. The summed E-state index contributed by atoms with van der Waals surface area (Å²) in [5.41, 5.74) is 2.32. The van der Waals surface area contributed by atoms with Crippen molar-refractivity contribution in [1.29, 1.82) is 0 Å². The van der Waals surface area contributed by atoms with Gasteiger partial charge in [-0.3, -0.25) is 4.79 Å². The Morgan fingerprint density at radius 3 is 2.26 bits per heavy atom. The van der Waals surface area contributed by atoms with Crippen LogP contribution in [-0.4, -0.2) is 23.7 Å². The molecule has 6 heteroatoms. The Hall–Kier alpha value is -1.95. The third-order valence-electron chi connectivity index (χ3n) is 2.88. The Morgan fingerprint density at radius 2 is 1.74 bits per heavy atom. The van der Waals surface area contributed by atoms with Crippen LogP contribution in [0.15, 0.2) is 29.6 Å². The van der Waals surface area contributed by atoms with Crippen molar-refractivity contribution in [2.45, 2.75) is 25.7 Å². The Kier molecular flexibility index (Phi) is 3.28. The number of nitrogens with zero attached hydrogens (tertiary/aromatic N) is 2. The van der Waals surface area contributed by atoms with Gasteiger partial charge in [0.1, 0.15) is 12.0 Å². The first-order valence-corrected chi connectivity index (χ1v) is 7.13. The van der Waals surface area contributed by atoms with Crippen molar-refractivity contribution >= 4 is 16.3 Å². The van der Waals surface area contributed by atoms with Gasteiger partial charge in [-0.05, 0) is 31.9 Å². The number of aldehydes is 1. The molecule has 0 radical (unpaired) electrons. The van der Waals surface area contributed by atoms with Gasteiger partial charge in [-0.1, -0.05) is 17.7 Å². The highest BCUT2D eigenvalue weighted by Gasteiger charge is 2.24. The van der Waals surface area contributed by atoms with Crippen LogP contribution >= 0.6 is 0 Å². The van der Waals surface area contributed by atoms with Gasteiger partial charge >= 0.3 is 0 Å². The topological polar surface area (TPSA) is 69.0 Å². The fourth-order valence-corrected chi connectivity index (χ4v) is 3.92. The molecule has 0 aliphatic heterocycles. The Balaban J connectivity index is 2.74. The van der Waals surface area contributed by atoms with E-state index in [0.29, 0.717) is 17.4 Å². The van der Waals surface area contributed by atoms with Gasteiger partial charge in [0.05, 0.1) is 11.1 Å². The fraction of sp³-hybridized carbons (Fsp3) is 0.231. The average Bonchev–Trinajstić information content (AvgIpc) is 2.75. The largest absolute Gasteiger partial charge is 0.296 e. The maximum Gasteiger partial charge on any atom is 0.270 e. The van der Waals surface area contributed by atoms with E-state index < -0.39 is 10.0 Å². The van der Waals surface area contributed by atoms with Crippen LogP contribution in [0.1, 0.15) is 27.2 Å². The minimum absolute atomic E-state index is 0.0133. The Bertz CT molecular complexity index is 722. The molecule has 100 valence electrons. The standard InChI is InChI=1S/C13H14N2O3S/c1-9-4-10(2)13(11(3)5-9)19(17,18)15-8-14-6-12(15)7-16/h4-8H,1-3H3. The molecule has 0 N–H and O–H groups in total. The van der Waals surface area contributed by atoms with Gasteiger partial charge in [-0.2, -0.15) is 0 Å². The lowest BCUT2D eigenvalue weighted by Crippen LogP contribution is -2.17. The molecule has 0 bridgehead atoms. The summed E-state index contributed by atoms with van der Waals surface area (Å²) in [5.74, 6) is 0. The third kappa shape index (κ3) is 2.19. The van der Waals surface area contributed by atoms with Crippen molar-refractivity contribution in [3.05, 3.63) is 47.0 Å². The van der Waals surface area contributed by atoms with Crippen molar-refractivity contribution in [1.82, 2.24) is 8.96 Å². The number of imidazole rings is 1. The summed E-state index contributed by atoms with van der Waals surface area (Å²) in [5, 5.41) is 0. The van der Waals surface area contributed by atoms with Crippen LogP contribution in [0.3, 0.4) is 0 Å². The zero-order valence-electron chi connectivity index (χ0n) is 10.9. The number of carbonyl (C=O) groups excluding carboxylic acids is 1. The molecular weight excluding hydrogens is 264 g/mol. The van der Waals surface area contributed by atoms with E-state index >= 15 is 0 Å². The van der Waals surface area contributed by atoms with Crippen molar-refractivity contribution in [2.24, 2.45) is 0 Å². The Morgan fingerprint density at radius 1 is 1.16 bits per heavy atom. The zero-order chi connectivity index (χ0) is 14.2. The van der Waals surface area contributed by atoms with Gasteiger partial charge in [0.15, 0.2) is 6.29 Å². The molecule has 0 unspecified atom stereocenters. The van der Waals surface area contributed by atoms with Gasteiger partial charge in [-0.15, -0.1) is 0 Å². The smallest absolute Gasteiger partial charge is 0.270 e. The zero-order valence-corrected chi connectivity index (χ0v) is 11.7. The number of hydrogen-bond donors (Lipinski definition) is 0. The summed E-state index contributed by atoms with van der Waals surface area (Å²) in [4.78, 5) is 14.8. The SMILES string of the molecule is Cc1cc(C)c(S(=O)(=O)n2cncc2C=O)c(C)c1. The van der Waals surface area contributed by atoms with Gasteiger partial charge in [0.25, 0.3) is 10.0 Å². The number of hydrogen-bond acceptors (Lipinski definition) is 4. The normalized spacial score (nSPS) is 11.5. The lowest BCUT2D eigenvalue weighted by atomic mass is 10.1. The first-order chi connectivity index (χ1) is 8.87. The lowest BCUT2D eigenvalue weighted by Gasteiger charge is -2.13. The molecule has 2 aromatic rings. The number of aryl methyl sites for hydroxylation is 3. The van der Waals surface area contributed by atoms with E-state index in [1.807, 2.05) is 6.92 Å². The predicted molar refractivity (Wildman–Crippen MR) is 70.9 cm³/mol. The molecule has 1 aromatic heterocycles. The number of aromatic nitrogens is 2. The molecule has 0 aliphatic carbocycles. The molecule has 1 aromatic carbocycles. The van der Waals surface area contributed by atoms with Crippen molar-refractivity contribution in [2.75, 3.05) is 0 Å². The summed E-state index contributed by atoms with van der Waals surface area (Å²) in [6.07, 6.45) is 2.84. The van der Waals surface area contributed by atoms with Gasteiger partial charge in [0.2, 0.25) is 0 Å². The van der Waals surface area contributed by atoms with Crippen molar-refractivity contribution in [3.8, 4) is 0 Å². The molecule has 0 fully saturated rings. The summed E-state index contributed by atoms with van der Waals surface area (Å²) >= 11 is 0. The molecule has 2 rings (SSSR count). The second-order valence-corrected chi connectivity index (χ2v) is 6.22. The monoisotopic (exact) mass is 278 g/mol. The first kappa shape index (κ1) is 13.5. The van der Waals surface area contributed by atoms with Crippen LogP contribution in [0, 0.1) is 20.8 Å². The molecule has 0 saturated carbocycles. The average molecular weight is 278 g/mol. The number of carbonyl (C=O) groups is 1.